The molecule has 3 heterocycles. The van der Waals surface area contributed by atoms with Gasteiger partial charge in [-0.25, -0.2) is 14.9 Å². The molecule has 1 aliphatic heterocycles. The van der Waals surface area contributed by atoms with E-state index >= 15 is 0 Å². The molecule has 4 rings (SSSR count). The maximum absolute atomic E-state index is 14.3. The summed E-state index contributed by atoms with van der Waals surface area (Å²) in [5.74, 6) is -2.02. The Hall–Kier alpha value is -3.76. The third-order valence-electron chi connectivity index (χ3n) is 5.75. The second-order valence-electron chi connectivity index (χ2n) is 9.15. The fourth-order valence-corrected chi connectivity index (χ4v) is 5.72. The fraction of sp³-hybridized carbons (Fsp3) is 0.300. The number of halogens is 3. The van der Waals surface area contributed by atoms with Crippen LogP contribution in [0.2, 0.25) is 0 Å². The highest BCUT2D eigenvalue weighted by Gasteiger charge is 2.45. The Morgan fingerprint density at radius 2 is 1.31 bits per heavy atom. The first-order chi connectivity index (χ1) is 21.6. The highest BCUT2D eigenvalue weighted by atomic mass is 32.2. The highest BCUT2D eigenvalue weighted by Crippen LogP contribution is 2.46. The van der Waals surface area contributed by atoms with E-state index in [2.05, 4.69) is 9.97 Å². The van der Waals surface area contributed by atoms with Crippen molar-refractivity contribution in [1.29, 1.82) is 0 Å². The van der Waals surface area contributed by atoms with Gasteiger partial charge in [0.25, 0.3) is 11.8 Å². The van der Waals surface area contributed by atoms with Crippen molar-refractivity contribution in [3.8, 4) is 5.75 Å². The van der Waals surface area contributed by atoms with Crippen molar-refractivity contribution >= 4 is 46.8 Å². The van der Waals surface area contributed by atoms with Crippen molar-refractivity contribution in [3.05, 3.63) is 82.4 Å². The number of rotatable bonds is 17. The van der Waals surface area contributed by atoms with E-state index in [1.165, 1.54) is 25.4 Å². The quantitative estimate of drug-likeness (QED) is 0.140. The van der Waals surface area contributed by atoms with Gasteiger partial charge in [-0.15, -0.1) is 0 Å². The Labute approximate surface area is 265 Å². The minimum Gasteiger partial charge on any atom is -0.491 e. The van der Waals surface area contributed by atoms with Crippen LogP contribution in [-0.4, -0.2) is 73.8 Å². The molecule has 0 spiro atoms. The lowest BCUT2D eigenvalue weighted by Crippen LogP contribution is -2.33. The number of amides is 2. The van der Waals surface area contributed by atoms with Gasteiger partial charge in [0.05, 0.1) is 54.1 Å². The molecule has 0 N–H and O–H groups in total. The number of hydrogen-bond donors (Lipinski definition) is 0. The number of hydrogen-bond acceptors (Lipinski definition) is 11. The van der Waals surface area contributed by atoms with Crippen molar-refractivity contribution in [2.24, 2.45) is 0 Å². The number of carbonyl (C=O) groups excluding carboxylic acids is 3. The number of anilines is 1. The number of thioether (sulfide) groups is 2. The monoisotopic (exact) mass is 663 g/mol. The molecule has 0 fully saturated rings. The average molecular weight is 664 g/mol. The van der Waals surface area contributed by atoms with Gasteiger partial charge in [-0.2, -0.15) is 13.2 Å². The standard InChI is InChI=1S/C30H28F3N3O7S2/c1-20(37)19-42-15-14-40-12-13-41-16-17-43-21-8-9-23(22(18-21)30(31,32)33)36-28(38)26(44-24-6-2-4-10-34-24)27(29(36)39)45-25-7-3-5-11-35-25/h2-11,18H,12-17,19H2,1H3. The predicted octanol–water partition coefficient (Wildman–Crippen LogP) is 5.18. The number of ether oxygens (including phenoxy) is 4. The molecule has 0 atom stereocenters. The van der Waals surface area contributed by atoms with Gasteiger partial charge < -0.3 is 18.9 Å². The lowest BCUT2D eigenvalue weighted by molar-refractivity contribution is -0.137. The van der Waals surface area contributed by atoms with E-state index in [4.69, 9.17) is 18.9 Å². The number of imide groups is 1. The summed E-state index contributed by atoms with van der Waals surface area (Å²) >= 11 is 1.78. The third kappa shape index (κ3) is 9.86. The lowest BCUT2D eigenvalue weighted by Gasteiger charge is -2.21. The molecule has 10 nitrogen and oxygen atoms in total. The van der Waals surface area contributed by atoms with E-state index in [0.717, 1.165) is 35.7 Å². The fourth-order valence-electron chi connectivity index (χ4n) is 3.81. The molecule has 0 saturated heterocycles. The minimum absolute atomic E-state index is 0.0218. The summed E-state index contributed by atoms with van der Waals surface area (Å²) in [7, 11) is 0. The summed E-state index contributed by atoms with van der Waals surface area (Å²) in [5.41, 5.74) is -1.84. The van der Waals surface area contributed by atoms with Gasteiger partial charge in [0, 0.05) is 12.4 Å². The molecule has 0 unspecified atom stereocenters. The van der Waals surface area contributed by atoms with E-state index in [-0.39, 0.29) is 67.6 Å². The Morgan fingerprint density at radius 1 is 0.778 bits per heavy atom. The van der Waals surface area contributed by atoms with E-state index in [1.54, 1.807) is 36.4 Å². The molecule has 45 heavy (non-hydrogen) atoms. The predicted molar refractivity (Wildman–Crippen MR) is 160 cm³/mol. The van der Waals surface area contributed by atoms with Crippen molar-refractivity contribution in [3.63, 3.8) is 0 Å². The van der Waals surface area contributed by atoms with Gasteiger partial charge in [-0.3, -0.25) is 14.4 Å². The summed E-state index contributed by atoms with van der Waals surface area (Å²) in [4.78, 5) is 46.8. The molecule has 1 aliphatic rings. The zero-order chi connectivity index (χ0) is 32.2. The first-order valence-electron chi connectivity index (χ1n) is 13.5. The van der Waals surface area contributed by atoms with Crippen molar-refractivity contribution in [2.45, 2.75) is 23.2 Å². The van der Waals surface area contributed by atoms with E-state index < -0.39 is 29.2 Å². The zero-order valence-electron chi connectivity index (χ0n) is 24.0. The number of pyridine rings is 2. The minimum atomic E-state index is -4.91. The molecule has 0 bridgehead atoms. The maximum atomic E-state index is 14.3. The molecular formula is C30H28F3N3O7S2. The van der Waals surface area contributed by atoms with Crippen LogP contribution in [0.5, 0.6) is 5.75 Å². The maximum Gasteiger partial charge on any atom is 0.418 e. The largest absolute Gasteiger partial charge is 0.491 e. The molecule has 0 radical (unpaired) electrons. The second-order valence-corrected chi connectivity index (χ2v) is 11.2. The summed E-state index contributed by atoms with van der Waals surface area (Å²) in [6, 6.07) is 13.0. The van der Waals surface area contributed by atoms with Crippen molar-refractivity contribution in [1.82, 2.24) is 9.97 Å². The highest BCUT2D eigenvalue weighted by molar-refractivity contribution is 8.08. The van der Waals surface area contributed by atoms with Crippen LogP contribution in [0.15, 0.2) is 86.9 Å². The zero-order valence-corrected chi connectivity index (χ0v) is 25.6. The van der Waals surface area contributed by atoms with Gasteiger partial charge in [0.1, 0.15) is 29.0 Å². The Kier molecular flexibility index (Phi) is 12.5. The van der Waals surface area contributed by atoms with Crippen LogP contribution in [-0.2, 0) is 34.8 Å². The number of carbonyl (C=O) groups is 3. The van der Waals surface area contributed by atoms with Crippen LogP contribution in [0.3, 0.4) is 0 Å². The van der Waals surface area contributed by atoms with E-state index in [0.29, 0.717) is 15.0 Å². The summed E-state index contributed by atoms with van der Waals surface area (Å²) in [6.07, 6.45) is -1.91. The van der Waals surface area contributed by atoms with Gasteiger partial charge in [0.15, 0.2) is 5.78 Å². The second kappa shape index (κ2) is 16.5. The molecule has 3 aromatic rings. The molecular weight excluding hydrogens is 635 g/mol. The summed E-state index contributed by atoms with van der Waals surface area (Å²) in [5, 5.41) is 0.781. The molecule has 1 aromatic carbocycles. The van der Waals surface area contributed by atoms with Crippen molar-refractivity contribution < 1.29 is 46.5 Å². The van der Waals surface area contributed by atoms with E-state index in [1.807, 2.05) is 0 Å². The van der Waals surface area contributed by atoms with Gasteiger partial charge in [-0.1, -0.05) is 35.7 Å². The summed E-state index contributed by atoms with van der Waals surface area (Å²) < 4.78 is 64.1. The third-order valence-corrected chi connectivity index (χ3v) is 7.95. The topological polar surface area (TPSA) is 117 Å². The smallest absolute Gasteiger partial charge is 0.418 e. The molecule has 2 amide bonds. The Morgan fingerprint density at radius 3 is 1.80 bits per heavy atom. The van der Waals surface area contributed by atoms with Crippen LogP contribution >= 0.6 is 23.5 Å². The van der Waals surface area contributed by atoms with Crippen molar-refractivity contribution in [2.75, 3.05) is 51.1 Å². The first kappa shape index (κ1) is 34.1. The Bertz CT molecular complexity index is 1450. The molecule has 238 valence electrons. The molecule has 15 heteroatoms. The first-order valence-corrected chi connectivity index (χ1v) is 15.2. The van der Waals surface area contributed by atoms with E-state index in [9.17, 15) is 27.6 Å². The number of nitrogens with zero attached hydrogens (tertiary/aromatic N) is 3. The average Bonchev–Trinajstić information content (AvgIpc) is 3.24. The molecule has 0 aliphatic carbocycles. The van der Waals surface area contributed by atoms with Gasteiger partial charge >= 0.3 is 6.18 Å². The number of alkyl halides is 3. The Balaban J connectivity index is 1.43. The summed E-state index contributed by atoms with van der Waals surface area (Å²) in [6.45, 7) is 2.47. The number of aromatic nitrogens is 2. The number of benzene rings is 1. The van der Waals surface area contributed by atoms with Gasteiger partial charge in [-0.05, 0) is 49.4 Å². The SMILES string of the molecule is CC(=O)COCCOCCOCCOc1ccc(N2C(=O)C(Sc3ccccn3)=C(Sc3ccccn3)C2=O)c(C(F)(F)F)c1. The number of Topliss-reactive ketones (excluding diaryl/α,β-unsaturated/α-hetero) is 1. The molecule has 2 aromatic heterocycles. The molecule has 0 saturated carbocycles. The van der Waals surface area contributed by atoms with Crippen LogP contribution in [0.4, 0.5) is 18.9 Å². The van der Waals surface area contributed by atoms with Crippen LogP contribution in [0, 0.1) is 0 Å². The van der Waals surface area contributed by atoms with Crippen LogP contribution in [0.25, 0.3) is 0 Å². The van der Waals surface area contributed by atoms with Gasteiger partial charge in [0.2, 0.25) is 0 Å². The lowest BCUT2D eigenvalue weighted by atomic mass is 10.1. The number of ketones is 1. The normalized spacial score (nSPS) is 13.6. The van der Waals surface area contributed by atoms with Crippen LogP contribution < -0.4 is 9.64 Å². The van der Waals surface area contributed by atoms with Crippen LogP contribution in [0.1, 0.15) is 12.5 Å².